The highest BCUT2D eigenvalue weighted by molar-refractivity contribution is 7.91. The van der Waals surface area contributed by atoms with Crippen LogP contribution in [0.15, 0.2) is 33.2 Å². The highest BCUT2D eigenvalue weighted by Gasteiger charge is 2.26. The molecule has 2 heterocycles. The van der Waals surface area contributed by atoms with Crippen molar-refractivity contribution in [3.63, 3.8) is 0 Å². The third kappa shape index (κ3) is 3.09. The second kappa shape index (κ2) is 6.04. The Kier molecular flexibility index (Phi) is 4.59. The molecule has 2 aromatic rings. The van der Waals surface area contributed by atoms with Crippen LogP contribution in [-0.2, 0) is 16.6 Å². The van der Waals surface area contributed by atoms with Crippen molar-refractivity contribution in [2.75, 3.05) is 6.54 Å². The lowest BCUT2D eigenvalue weighted by molar-refractivity contribution is 0.0697. The zero-order valence-corrected chi connectivity index (χ0v) is 13.1. The smallest absolute Gasteiger partial charge is 0.336 e. The third-order valence-electron chi connectivity index (χ3n) is 2.68. The Morgan fingerprint density at radius 1 is 1.40 bits per heavy atom. The summed E-state index contributed by atoms with van der Waals surface area (Å²) >= 11 is 2.43. The molecule has 0 aliphatic rings. The molecule has 1 N–H and O–H groups in total. The molecule has 0 spiro atoms. The molecule has 0 unspecified atom stereocenters. The van der Waals surface area contributed by atoms with Gasteiger partial charge in [0.05, 0.1) is 5.56 Å². The minimum Gasteiger partial charge on any atom is -0.478 e. The third-order valence-corrected chi connectivity index (χ3v) is 6.88. The van der Waals surface area contributed by atoms with E-state index in [9.17, 15) is 13.2 Å². The van der Waals surface area contributed by atoms with Crippen molar-refractivity contribution in [2.45, 2.75) is 17.7 Å². The topological polar surface area (TPSA) is 74.7 Å². The van der Waals surface area contributed by atoms with Crippen LogP contribution >= 0.6 is 22.7 Å². The lowest BCUT2D eigenvalue weighted by Crippen LogP contribution is -2.29. The Morgan fingerprint density at radius 2 is 2.15 bits per heavy atom. The van der Waals surface area contributed by atoms with Crippen LogP contribution in [0, 0.1) is 0 Å². The molecule has 0 bridgehead atoms. The first-order valence-corrected chi connectivity index (χ1v) is 8.99. The summed E-state index contributed by atoms with van der Waals surface area (Å²) in [5, 5.41) is 12.1. The van der Waals surface area contributed by atoms with Crippen LogP contribution in [0.4, 0.5) is 0 Å². The minimum atomic E-state index is -3.64. The molecular weight excluding hydrogens is 318 g/mol. The van der Waals surface area contributed by atoms with Gasteiger partial charge in [-0.15, -0.1) is 22.7 Å². The van der Waals surface area contributed by atoms with Crippen LogP contribution in [0.3, 0.4) is 0 Å². The number of carbonyl (C=O) groups is 1. The van der Waals surface area contributed by atoms with E-state index in [1.807, 2.05) is 17.5 Å². The summed E-state index contributed by atoms with van der Waals surface area (Å²) < 4.78 is 26.4. The predicted octanol–water partition coefficient (Wildman–Crippen LogP) is 2.72. The number of hydrogen-bond donors (Lipinski definition) is 1. The molecule has 0 saturated heterocycles. The number of sulfonamides is 1. The number of hydrogen-bond acceptors (Lipinski definition) is 5. The molecule has 0 saturated carbocycles. The van der Waals surface area contributed by atoms with E-state index in [1.54, 1.807) is 6.92 Å². The van der Waals surface area contributed by atoms with E-state index in [0.29, 0.717) is 13.1 Å². The first-order valence-electron chi connectivity index (χ1n) is 5.79. The average molecular weight is 331 g/mol. The van der Waals surface area contributed by atoms with Gasteiger partial charge in [-0.05, 0) is 17.5 Å². The summed E-state index contributed by atoms with van der Waals surface area (Å²) in [6.07, 6.45) is 0. The number of carboxylic acid groups (broad SMARTS) is 1. The zero-order chi connectivity index (χ0) is 14.8. The number of nitrogens with zero attached hydrogens (tertiary/aromatic N) is 1. The van der Waals surface area contributed by atoms with Gasteiger partial charge in [-0.3, -0.25) is 0 Å². The van der Waals surface area contributed by atoms with Gasteiger partial charge >= 0.3 is 5.97 Å². The number of aromatic carboxylic acids is 1. The maximum absolute atomic E-state index is 12.5. The Hall–Kier alpha value is -1.22. The van der Waals surface area contributed by atoms with Crippen molar-refractivity contribution in [1.29, 1.82) is 0 Å². The quantitative estimate of drug-likeness (QED) is 0.883. The summed E-state index contributed by atoms with van der Waals surface area (Å²) in [5.41, 5.74) is 0.000696. The van der Waals surface area contributed by atoms with Crippen molar-refractivity contribution in [2.24, 2.45) is 0 Å². The van der Waals surface area contributed by atoms with E-state index in [-0.39, 0.29) is 9.77 Å². The van der Waals surface area contributed by atoms with E-state index in [1.165, 1.54) is 27.1 Å². The van der Waals surface area contributed by atoms with Gasteiger partial charge in [0.15, 0.2) is 0 Å². The molecular formula is C12H13NO4S3. The van der Waals surface area contributed by atoms with Crippen molar-refractivity contribution in [3.05, 3.63) is 39.4 Å². The van der Waals surface area contributed by atoms with Crippen LogP contribution < -0.4 is 0 Å². The molecule has 0 atom stereocenters. The lowest BCUT2D eigenvalue weighted by Gasteiger charge is -2.18. The van der Waals surface area contributed by atoms with Crippen LogP contribution in [0.5, 0.6) is 0 Å². The number of thiophene rings is 2. The zero-order valence-electron chi connectivity index (χ0n) is 10.6. The summed E-state index contributed by atoms with van der Waals surface area (Å²) in [5.74, 6) is -1.12. The Balaban J connectivity index is 2.28. The minimum absolute atomic E-state index is 0.000696. The molecule has 0 amide bonds. The van der Waals surface area contributed by atoms with Gasteiger partial charge < -0.3 is 5.11 Å². The normalized spacial score (nSPS) is 11.9. The second-order valence-electron chi connectivity index (χ2n) is 3.97. The van der Waals surface area contributed by atoms with Crippen LogP contribution in [0.1, 0.15) is 22.2 Å². The summed E-state index contributed by atoms with van der Waals surface area (Å²) in [7, 11) is -3.64. The highest BCUT2D eigenvalue weighted by atomic mass is 32.2. The maximum atomic E-state index is 12.5. The molecule has 0 radical (unpaired) electrons. The average Bonchev–Trinajstić information content (AvgIpc) is 3.06. The van der Waals surface area contributed by atoms with E-state index >= 15 is 0 Å². The lowest BCUT2D eigenvalue weighted by atomic mass is 10.4. The molecule has 108 valence electrons. The van der Waals surface area contributed by atoms with Crippen LogP contribution in [0.2, 0.25) is 0 Å². The first kappa shape index (κ1) is 15.2. The van der Waals surface area contributed by atoms with E-state index in [0.717, 1.165) is 16.2 Å². The van der Waals surface area contributed by atoms with Crippen LogP contribution in [0.25, 0.3) is 0 Å². The predicted molar refractivity (Wildman–Crippen MR) is 78.9 cm³/mol. The first-order chi connectivity index (χ1) is 9.45. The molecule has 5 nitrogen and oxygen atoms in total. The van der Waals surface area contributed by atoms with Crippen molar-refractivity contribution < 1.29 is 18.3 Å². The number of rotatable bonds is 6. The van der Waals surface area contributed by atoms with Crippen molar-refractivity contribution in [1.82, 2.24) is 4.31 Å². The SMILES string of the molecule is CCN(Cc1cccs1)S(=O)(=O)c1cc(C(=O)O)cs1. The molecule has 0 aliphatic heterocycles. The molecule has 2 aromatic heterocycles. The fourth-order valence-corrected chi connectivity index (χ4v) is 5.17. The maximum Gasteiger partial charge on any atom is 0.336 e. The summed E-state index contributed by atoms with van der Waals surface area (Å²) in [6, 6.07) is 4.95. The van der Waals surface area contributed by atoms with Gasteiger partial charge in [0.1, 0.15) is 4.21 Å². The van der Waals surface area contributed by atoms with Gasteiger partial charge in [0, 0.05) is 23.3 Å². The van der Waals surface area contributed by atoms with Gasteiger partial charge in [-0.2, -0.15) is 4.31 Å². The molecule has 2 rings (SSSR count). The van der Waals surface area contributed by atoms with Gasteiger partial charge in [0.2, 0.25) is 0 Å². The molecule has 20 heavy (non-hydrogen) atoms. The number of carboxylic acids is 1. The van der Waals surface area contributed by atoms with Crippen molar-refractivity contribution in [3.8, 4) is 0 Å². The fraction of sp³-hybridized carbons (Fsp3) is 0.250. The Bertz CT molecular complexity index is 688. The van der Waals surface area contributed by atoms with Gasteiger partial charge in [0.25, 0.3) is 10.0 Å². The highest BCUT2D eigenvalue weighted by Crippen LogP contribution is 2.26. The van der Waals surface area contributed by atoms with Crippen LogP contribution in [-0.4, -0.2) is 30.3 Å². The van der Waals surface area contributed by atoms with Crippen molar-refractivity contribution >= 4 is 38.7 Å². The fourth-order valence-electron chi connectivity index (χ4n) is 1.63. The molecule has 0 aromatic carbocycles. The molecule has 8 heteroatoms. The van der Waals surface area contributed by atoms with E-state index in [4.69, 9.17) is 5.11 Å². The standard InChI is InChI=1S/C12H13NO4S3/c1-2-13(7-10-4-3-5-18-10)20(16,17)11-6-9(8-19-11)12(14)15/h3-6,8H,2,7H2,1H3,(H,14,15). The Labute approximate surface area is 125 Å². The monoisotopic (exact) mass is 331 g/mol. The van der Waals surface area contributed by atoms with Gasteiger partial charge in [-0.1, -0.05) is 13.0 Å². The van der Waals surface area contributed by atoms with Gasteiger partial charge in [-0.25, -0.2) is 13.2 Å². The van der Waals surface area contributed by atoms with E-state index in [2.05, 4.69) is 0 Å². The Morgan fingerprint density at radius 3 is 2.65 bits per heavy atom. The largest absolute Gasteiger partial charge is 0.478 e. The van der Waals surface area contributed by atoms with E-state index < -0.39 is 16.0 Å². The second-order valence-corrected chi connectivity index (χ2v) is 8.08. The molecule has 0 fully saturated rings. The molecule has 0 aliphatic carbocycles. The summed E-state index contributed by atoms with van der Waals surface area (Å²) in [4.78, 5) is 11.8. The summed E-state index contributed by atoms with van der Waals surface area (Å²) in [6.45, 7) is 2.40.